The topological polar surface area (TPSA) is 21.3 Å². The maximum Gasteiger partial charge on any atom is 0.416 e. The maximum absolute atomic E-state index is 12.9. The quantitative estimate of drug-likeness (QED) is 0.718. The molecule has 0 amide bonds. The molecule has 120 valence electrons. The van der Waals surface area contributed by atoms with E-state index in [1.165, 1.54) is 12.1 Å². The highest BCUT2D eigenvalue weighted by atomic mass is 19.4. The van der Waals surface area contributed by atoms with E-state index in [1.807, 2.05) is 0 Å². The summed E-state index contributed by atoms with van der Waals surface area (Å²) in [5.41, 5.74) is -0.307. The van der Waals surface area contributed by atoms with Crippen molar-refractivity contribution in [3.8, 4) is 0 Å². The molecule has 0 heterocycles. The van der Waals surface area contributed by atoms with Crippen LogP contribution in [-0.2, 0) is 10.9 Å². The molecule has 2 nitrogen and oxygen atoms in total. The summed E-state index contributed by atoms with van der Waals surface area (Å²) in [7, 11) is 0. The van der Waals surface area contributed by atoms with E-state index in [0.29, 0.717) is 25.7 Å². The molecule has 1 atom stereocenters. The van der Waals surface area contributed by atoms with E-state index in [9.17, 15) is 13.2 Å². The fourth-order valence-corrected chi connectivity index (χ4v) is 2.01. The van der Waals surface area contributed by atoms with E-state index in [-0.39, 0.29) is 11.6 Å². The van der Waals surface area contributed by atoms with Crippen molar-refractivity contribution in [3.05, 3.63) is 35.4 Å². The van der Waals surface area contributed by atoms with Gasteiger partial charge in [0.2, 0.25) is 0 Å². The summed E-state index contributed by atoms with van der Waals surface area (Å²) < 4.78 is 44.2. The van der Waals surface area contributed by atoms with Crippen molar-refractivity contribution in [2.45, 2.75) is 39.4 Å². The lowest BCUT2D eigenvalue weighted by molar-refractivity contribution is -0.138. The molecule has 1 aromatic rings. The Morgan fingerprint density at radius 3 is 2.38 bits per heavy atom. The minimum Gasteiger partial charge on any atom is -0.380 e. The van der Waals surface area contributed by atoms with Gasteiger partial charge in [-0.25, -0.2) is 0 Å². The first-order chi connectivity index (χ1) is 9.82. The Bertz CT molecular complexity index is 418. The monoisotopic (exact) mass is 303 g/mol. The summed E-state index contributed by atoms with van der Waals surface area (Å²) in [5, 5.41) is 3.07. The molecule has 1 aromatic carbocycles. The van der Waals surface area contributed by atoms with Crippen molar-refractivity contribution >= 4 is 0 Å². The lowest BCUT2D eigenvalue weighted by atomic mass is 10.0. The number of alkyl halides is 3. The van der Waals surface area contributed by atoms with Crippen LogP contribution in [0.25, 0.3) is 0 Å². The average Bonchev–Trinajstić information content (AvgIpc) is 2.41. The zero-order valence-corrected chi connectivity index (χ0v) is 12.8. The number of rotatable bonds is 8. The third-order valence-corrected chi connectivity index (χ3v) is 3.27. The van der Waals surface area contributed by atoms with Crippen molar-refractivity contribution < 1.29 is 17.9 Å². The van der Waals surface area contributed by atoms with Crippen molar-refractivity contribution in [2.24, 2.45) is 5.92 Å². The molecule has 1 unspecified atom stereocenters. The number of hydrogen-bond donors (Lipinski definition) is 1. The number of benzene rings is 1. The first-order valence-corrected chi connectivity index (χ1v) is 7.29. The van der Waals surface area contributed by atoms with Gasteiger partial charge in [0.15, 0.2) is 0 Å². The van der Waals surface area contributed by atoms with Crippen LogP contribution in [0.1, 0.15) is 44.4 Å². The van der Waals surface area contributed by atoms with Crippen LogP contribution in [0.5, 0.6) is 0 Å². The highest BCUT2D eigenvalue weighted by molar-refractivity contribution is 5.31. The fourth-order valence-electron chi connectivity index (χ4n) is 2.01. The van der Waals surface area contributed by atoms with Gasteiger partial charge in [0, 0.05) is 19.2 Å². The predicted octanol–water partition coefficient (Wildman–Crippen LogP) is 4.42. The first-order valence-electron chi connectivity index (χ1n) is 7.29. The van der Waals surface area contributed by atoms with Crippen LogP contribution in [0.3, 0.4) is 0 Å². The average molecular weight is 303 g/mol. The molecule has 0 aliphatic heterocycles. The number of halogens is 3. The van der Waals surface area contributed by atoms with Gasteiger partial charge >= 0.3 is 6.18 Å². The molecule has 0 saturated carbocycles. The van der Waals surface area contributed by atoms with E-state index in [0.717, 1.165) is 12.5 Å². The Kier molecular flexibility index (Phi) is 7.18. The van der Waals surface area contributed by atoms with Crippen molar-refractivity contribution in [1.29, 1.82) is 0 Å². The standard InChI is InChI=1S/C16H24F3NO/c1-12(2)8-10-21-11-9-20-13(3)14-6-4-5-7-15(14)16(17,18)19/h4-7,12-13,20H,8-11H2,1-3H3. The molecule has 1 N–H and O–H groups in total. The van der Waals surface area contributed by atoms with Crippen LogP contribution >= 0.6 is 0 Å². The van der Waals surface area contributed by atoms with Gasteiger partial charge in [-0.2, -0.15) is 13.2 Å². The van der Waals surface area contributed by atoms with Crippen LogP contribution in [0.4, 0.5) is 13.2 Å². The summed E-state index contributed by atoms with van der Waals surface area (Å²) in [6.07, 6.45) is -3.33. The van der Waals surface area contributed by atoms with Crippen LogP contribution in [0.15, 0.2) is 24.3 Å². The minimum absolute atomic E-state index is 0.271. The largest absolute Gasteiger partial charge is 0.416 e. The lowest BCUT2D eigenvalue weighted by Crippen LogP contribution is -2.25. The molecule has 0 fully saturated rings. The van der Waals surface area contributed by atoms with Crippen molar-refractivity contribution in [2.75, 3.05) is 19.8 Å². The zero-order chi connectivity index (χ0) is 15.9. The molecule has 0 aromatic heterocycles. The molecule has 0 aliphatic carbocycles. The number of hydrogen-bond acceptors (Lipinski definition) is 2. The molecule has 0 bridgehead atoms. The van der Waals surface area contributed by atoms with Crippen LogP contribution in [0.2, 0.25) is 0 Å². The van der Waals surface area contributed by atoms with Gasteiger partial charge in [0.25, 0.3) is 0 Å². The highest BCUT2D eigenvalue weighted by Gasteiger charge is 2.33. The van der Waals surface area contributed by atoms with E-state index in [1.54, 1.807) is 13.0 Å². The van der Waals surface area contributed by atoms with Gasteiger partial charge in [0.1, 0.15) is 0 Å². The minimum atomic E-state index is -4.32. The Morgan fingerprint density at radius 2 is 1.76 bits per heavy atom. The van der Waals surface area contributed by atoms with Gasteiger partial charge < -0.3 is 10.1 Å². The first kappa shape index (κ1) is 18.0. The smallest absolute Gasteiger partial charge is 0.380 e. The predicted molar refractivity (Wildman–Crippen MR) is 78.1 cm³/mol. The molecule has 1 rings (SSSR count). The molecule has 21 heavy (non-hydrogen) atoms. The third-order valence-electron chi connectivity index (χ3n) is 3.27. The Balaban J connectivity index is 2.44. The van der Waals surface area contributed by atoms with Gasteiger partial charge in [-0.1, -0.05) is 32.0 Å². The summed E-state index contributed by atoms with van der Waals surface area (Å²) in [5.74, 6) is 0.593. The van der Waals surface area contributed by atoms with Gasteiger partial charge in [-0.15, -0.1) is 0 Å². The van der Waals surface area contributed by atoms with Crippen LogP contribution < -0.4 is 5.32 Å². The van der Waals surface area contributed by atoms with Crippen LogP contribution in [-0.4, -0.2) is 19.8 Å². The Labute approximate surface area is 124 Å². The molecule has 0 radical (unpaired) electrons. The van der Waals surface area contributed by atoms with E-state index < -0.39 is 11.7 Å². The SMILES string of the molecule is CC(C)CCOCCNC(C)c1ccccc1C(F)(F)F. The number of ether oxygens (including phenoxy) is 1. The molecule has 0 saturated heterocycles. The summed E-state index contributed by atoms with van der Waals surface area (Å²) in [6, 6.07) is 5.31. The molecule has 0 spiro atoms. The maximum atomic E-state index is 12.9. The van der Waals surface area contributed by atoms with Crippen LogP contribution in [0, 0.1) is 5.92 Å². The third kappa shape index (κ3) is 6.48. The van der Waals surface area contributed by atoms with Gasteiger partial charge in [-0.3, -0.25) is 0 Å². The van der Waals surface area contributed by atoms with Crippen molar-refractivity contribution in [3.63, 3.8) is 0 Å². The molecule has 5 heteroatoms. The second kappa shape index (κ2) is 8.39. The van der Waals surface area contributed by atoms with Gasteiger partial charge in [0.05, 0.1) is 12.2 Å². The highest BCUT2D eigenvalue weighted by Crippen LogP contribution is 2.34. The number of nitrogens with one attached hydrogen (secondary N) is 1. The second-order valence-corrected chi connectivity index (χ2v) is 5.56. The normalized spacial score (nSPS) is 13.7. The fraction of sp³-hybridized carbons (Fsp3) is 0.625. The lowest BCUT2D eigenvalue weighted by Gasteiger charge is -2.19. The zero-order valence-electron chi connectivity index (χ0n) is 12.8. The van der Waals surface area contributed by atoms with E-state index in [2.05, 4.69) is 19.2 Å². The van der Waals surface area contributed by atoms with Crippen molar-refractivity contribution in [1.82, 2.24) is 5.32 Å². The van der Waals surface area contributed by atoms with E-state index >= 15 is 0 Å². The van der Waals surface area contributed by atoms with E-state index in [4.69, 9.17) is 4.74 Å². The van der Waals surface area contributed by atoms with Gasteiger partial charge in [-0.05, 0) is 30.9 Å². The molecular formula is C16H24F3NO. The Morgan fingerprint density at radius 1 is 1.10 bits per heavy atom. The molecular weight excluding hydrogens is 279 g/mol. The summed E-state index contributed by atoms with van der Waals surface area (Å²) >= 11 is 0. The molecule has 0 aliphatic rings. The Hall–Kier alpha value is -1.07. The summed E-state index contributed by atoms with van der Waals surface area (Å²) in [6.45, 7) is 7.71. The summed E-state index contributed by atoms with van der Waals surface area (Å²) in [4.78, 5) is 0. The second-order valence-electron chi connectivity index (χ2n) is 5.56.